The molecule has 1 amide bonds. The highest BCUT2D eigenvalue weighted by Gasteiger charge is 2.26. The zero-order chi connectivity index (χ0) is 9.84. The van der Waals surface area contributed by atoms with Crippen LogP contribution < -0.4 is 0 Å². The number of nitrogens with zero attached hydrogens (tertiary/aromatic N) is 1. The van der Waals surface area contributed by atoms with Crippen molar-refractivity contribution in [2.75, 3.05) is 19.8 Å². The summed E-state index contributed by atoms with van der Waals surface area (Å²) in [7, 11) is 0. The van der Waals surface area contributed by atoms with E-state index in [1.165, 1.54) is 4.90 Å². The number of carboxylic acids is 1. The van der Waals surface area contributed by atoms with Gasteiger partial charge < -0.3 is 10.0 Å². The number of alkyl halides is 1. The van der Waals surface area contributed by atoms with E-state index >= 15 is 0 Å². The molecule has 0 radical (unpaired) electrons. The van der Waals surface area contributed by atoms with Crippen LogP contribution in [0.2, 0.25) is 0 Å². The Morgan fingerprint density at radius 1 is 1.38 bits per heavy atom. The van der Waals surface area contributed by atoms with Gasteiger partial charge in [-0.2, -0.15) is 0 Å². The number of rotatable bonds is 2. The van der Waals surface area contributed by atoms with Crippen LogP contribution in [0.25, 0.3) is 0 Å². The molecular formula is C8H12FNO3. The number of aliphatic carboxylic acids is 1. The third-order valence-electron chi connectivity index (χ3n) is 2.31. The number of piperidine rings is 1. The fourth-order valence-electron chi connectivity index (χ4n) is 1.46. The number of halogens is 1. The first-order valence-electron chi connectivity index (χ1n) is 4.21. The van der Waals surface area contributed by atoms with E-state index in [0.717, 1.165) is 0 Å². The van der Waals surface area contributed by atoms with E-state index in [1.807, 2.05) is 0 Å². The zero-order valence-corrected chi connectivity index (χ0v) is 7.20. The second-order valence-corrected chi connectivity index (χ2v) is 3.13. The van der Waals surface area contributed by atoms with Crippen LogP contribution in [-0.2, 0) is 9.59 Å². The monoisotopic (exact) mass is 189 g/mol. The van der Waals surface area contributed by atoms with Gasteiger partial charge in [0.2, 0.25) is 0 Å². The lowest BCUT2D eigenvalue weighted by Crippen LogP contribution is -2.40. The number of amides is 1. The number of hydrogen-bond acceptors (Lipinski definition) is 2. The van der Waals surface area contributed by atoms with Gasteiger partial charge in [-0.05, 0) is 12.8 Å². The van der Waals surface area contributed by atoms with E-state index in [4.69, 9.17) is 5.11 Å². The van der Waals surface area contributed by atoms with Crippen LogP contribution in [-0.4, -0.2) is 41.6 Å². The Labute approximate surface area is 75.3 Å². The largest absolute Gasteiger partial charge is 0.481 e. The van der Waals surface area contributed by atoms with Gasteiger partial charge in [0.05, 0.1) is 5.92 Å². The highest BCUT2D eigenvalue weighted by Crippen LogP contribution is 2.17. The molecule has 0 unspecified atom stereocenters. The molecule has 1 fully saturated rings. The molecule has 1 heterocycles. The first-order chi connectivity index (χ1) is 6.15. The molecule has 1 aliphatic rings. The fourth-order valence-corrected chi connectivity index (χ4v) is 1.46. The van der Waals surface area contributed by atoms with Crippen molar-refractivity contribution in [3.63, 3.8) is 0 Å². The SMILES string of the molecule is O=C(O)C1CCN(C(=O)CF)CC1. The third kappa shape index (κ3) is 2.40. The second-order valence-electron chi connectivity index (χ2n) is 3.13. The summed E-state index contributed by atoms with van der Waals surface area (Å²) >= 11 is 0. The average molecular weight is 189 g/mol. The summed E-state index contributed by atoms with van der Waals surface area (Å²) < 4.78 is 11.9. The molecule has 74 valence electrons. The van der Waals surface area contributed by atoms with Crippen LogP contribution in [0.3, 0.4) is 0 Å². The molecule has 1 N–H and O–H groups in total. The number of carbonyl (C=O) groups excluding carboxylic acids is 1. The minimum absolute atomic E-state index is 0.361. The lowest BCUT2D eigenvalue weighted by Gasteiger charge is -2.29. The fraction of sp³-hybridized carbons (Fsp3) is 0.750. The van der Waals surface area contributed by atoms with Crippen LogP contribution in [0.5, 0.6) is 0 Å². The number of carbonyl (C=O) groups is 2. The Morgan fingerprint density at radius 3 is 2.31 bits per heavy atom. The minimum atomic E-state index is -0.988. The van der Waals surface area contributed by atoms with Crippen LogP contribution in [0.1, 0.15) is 12.8 Å². The first-order valence-corrected chi connectivity index (χ1v) is 4.21. The van der Waals surface area contributed by atoms with E-state index in [1.54, 1.807) is 0 Å². The molecule has 1 aliphatic heterocycles. The predicted octanol–water partition coefficient (Wildman–Crippen LogP) is 0.279. The Balaban J connectivity index is 2.39. The van der Waals surface area contributed by atoms with Crippen LogP contribution in [0, 0.1) is 5.92 Å². The Kier molecular flexibility index (Phi) is 3.22. The Hall–Kier alpha value is -1.13. The molecule has 0 bridgehead atoms. The van der Waals surface area contributed by atoms with Gasteiger partial charge in [-0.3, -0.25) is 9.59 Å². The molecule has 0 aliphatic carbocycles. The van der Waals surface area contributed by atoms with Crippen LogP contribution >= 0.6 is 0 Å². The van der Waals surface area contributed by atoms with E-state index in [9.17, 15) is 14.0 Å². The van der Waals surface area contributed by atoms with Gasteiger partial charge in [-0.25, -0.2) is 4.39 Å². The van der Waals surface area contributed by atoms with E-state index in [2.05, 4.69) is 0 Å². The predicted molar refractivity (Wildman–Crippen MR) is 42.9 cm³/mol. The molecule has 0 aromatic rings. The summed E-state index contributed by atoms with van der Waals surface area (Å²) in [4.78, 5) is 22.7. The quantitative estimate of drug-likeness (QED) is 0.678. The highest BCUT2D eigenvalue weighted by molar-refractivity contribution is 5.78. The summed E-state index contributed by atoms with van der Waals surface area (Å²) in [5.41, 5.74) is 0. The summed E-state index contributed by atoms with van der Waals surface area (Å²) in [5.74, 6) is -1.74. The number of carboxylic acid groups (broad SMARTS) is 1. The normalized spacial score (nSPS) is 18.7. The third-order valence-corrected chi connectivity index (χ3v) is 2.31. The Bertz CT molecular complexity index is 211. The van der Waals surface area contributed by atoms with Gasteiger partial charge in [0.15, 0.2) is 6.67 Å². The highest BCUT2D eigenvalue weighted by atomic mass is 19.1. The van der Waals surface area contributed by atoms with E-state index in [-0.39, 0.29) is 5.92 Å². The lowest BCUT2D eigenvalue weighted by atomic mass is 9.97. The molecule has 13 heavy (non-hydrogen) atoms. The van der Waals surface area contributed by atoms with Gasteiger partial charge in [0.1, 0.15) is 0 Å². The second kappa shape index (κ2) is 4.20. The summed E-state index contributed by atoms with van der Waals surface area (Å²) in [6.45, 7) is -0.267. The first kappa shape index (κ1) is 9.95. The maximum absolute atomic E-state index is 11.9. The van der Waals surface area contributed by atoms with Crippen molar-refractivity contribution in [3.05, 3.63) is 0 Å². The van der Waals surface area contributed by atoms with Gasteiger partial charge in [0, 0.05) is 13.1 Å². The average Bonchev–Trinajstić information content (AvgIpc) is 2.17. The Morgan fingerprint density at radius 2 is 1.92 bits per heavy atom. The number of hydrogen-bond donors (Lipinski definition) is 1. The summed E-state index contributed by atoms with van der Waals surface area (Å²) in [6, 6.07) is 0. The molecular weight excluding hydrogens is 177 g/mol. The minimum Gasteiger partial charge on any atom is -0.481 e. The van der Waals surface area contributed by atoms with Crippen molar-refractivity contribution in [1.29, 1.82) is 0 Å². The van der Waals surface area contributed by atoms with Crippen molar-refractivity contribution in [2.24, 2.45) is 5.92 Å². The maximum Gasteiger partial charge on any atom is 0.306 e. The van der Waals surface area contributed by atoms with Crippen molar-refractivity contribution < 1.29 is 19.1 Å². The van der Waals surface area contributed by atoms with Gasteiger partial charge >= 0.3 is 5.97 Å². The van der Waals surface area contributed by atoms with Crippen molar-refractivity contribution in [1.82, 2.24) is 4.90 Å². The molecule has 5 heteroatoms. The molecule has 0 aromatic heterocycles. The van der Waals surface area contributed by atoms with Crippen LogP contribution in [0.15, 0.2) is 0 Å². The van der Waals surface area contributed by atoms with Gasteiger partial charge in [-0.15, -0.1) is 0 Å². The van der Waals surface area contributed by atoms with E-state index < -0.39 is 18.6 Å². The van der Waals surface area contributed by atoms with E-state index in [0.29, 0.717) is 25.9 Å². The molecule has 1 rings (SSSR count). The standard InChI is InChI=1S/C8H12FNO3/c9-5-7(11)10-3-1-6(2-4-10)8(12)13/h6H,1-5H2,(H,12,13). The summed E-state index contributed by atoms with van der Waals surface area (Å²) in [6.07, 6.45) is 0.863. The maximum atomic E-state index is 11.9. The smallest absolute Gasteiger partial charge is 0.306 e. The zero-order valence-electron chi connectivity index (χ0n) is 7.20. The van der Waals surface area contributed by atoms with Crippen molar-refractivity contribution in [2.45, 2.75) is 12.8 Å². The van der Waals surface area contributed by atoms with Crippen molar-refractivity contribution in [3.8, 4) is 0 Å². The van der Waals surface area contributed by atoms with Gasteiger partial charge in [-0.1, -0.05) is 0 Å². The molecule has 0 saturated carbocycles. The lowest BCUT2D eigenvalue weighted by molar-refractivity contribution is -0.145. The molecule has 0 spiro atoms. The molecule has 1 saturated heterocycles. The molecule has 0 aromatic carbocycles. The summed E-state index contributed by atoms with van der Waals surface area (Å²) in [5, 5.41) is 8.64. The molecule has 0 atom stereocenters. The number of likely N-dealkylation sites (tertiary alicyclic amines) is 1. The molecule has 4 nitrogen and oxygen atoms in total. The van der Waals surface area contributed by atoms with Crippen molar-refractivity contribution >= 4 is 11.9 Å². The van der Waals surface area contributed by atoms with Gasteiger partial charge in [0.25, 0.3) is 5.91 Å². The topological polar surface area (TPSA) is 57.6 Å². The van der Waals surface area contributed by atoms with Crippen LogP contribution in [0.4, 0.5) is 4.39 Å².